The van der Waals surface area contributed by atoms with Crippen LogP contribution in [0.1, 0.15) is 45.1 Å². The minimum Gasteiger partial charge on any atom is -0.459 e. The number of carbonyl (C=O) groups is 2. The molecule has 0 aromatic heterocycles. The lowest BCUT2D eigenvalue weighted by Crippen LogP contribution is -2.32. The quantitative estimate of drug-likeness (QED) is 0.427. The molecule has 6 heteroatoms. The monoisotopic (exact) mass is 362 g/mol. The van der Waals surface area contributed by atoms with E-state index < -0.39 is 17.5 Å². The summed E-state index contributed by atoms with van der Waals surface area (Å²) in [6.45, 7) is 5.25. The van der Waals surface area contributed by atoms with Gasteiger partial charge in [0.2, 0.25) is 0 Å². The van der Waals surface area contributed by atoms with Gasteiger partial charge in [-0.05, 0) is 45.2 Å². The fourth-order valence-corrected chi connectivity index (χ4v) is 2.78. The third-order valence-corrected chi connectivity index (χ3v) is 4.59. The third-order valence-electron chi connectivity index (χ3n) is 3.28. The van der Waals surface area contributed by atoms with Crippen LogP contribution in [0, 0.1) is 5.92 Å². The van der Waals surface area contributed by atoms with Gasteiger partial charge in [0.05, 0.1) is 15.1 Å². The summed E-state index contributed by atoms with van der Waals surface area (Å²) in [6.07, 6.45) is 1.58. The Bertz CT molecular complexity index is 616. The van der Waals surface area contributed by atoms with Gasteiger partial charge >= 0.3 is 5.97 Å². The molecule has 0 radical (unpaired) electrons. The van der Waals surface area contributed by atoms with Crippen LogP contribution in [0.4, 0.5) is 0 Å². The Kier molecular flexibility index (Phi) is 5.10. The van der Waals surface area contributed by atoms with Crippen LogP contribution >= 0.6 is 34.8 Å². The van der Waals surface area contributed by atoms with E-state index in [1.807, 2.05) is 0 Å². The van der Waals surface area contributed by atoms with Gasteiger partial charge in [-0.25, -0.2) is 0 Å². The Balaban J connectivity index is 2.43. The van der Waals surface area contributed by atoms with Crippen LogP contribution in [0.5, 0.6) is 0 Å². The average molecular weight is 364 g/mol. The Labute approximate surface area is 144 Å². The maximum atomic E-state index is 12.5. The van der Waals surface area contributed by atoms with E-state index in [1.54, 1.807) is 26.8 Å². The number of benzene rings is 1. The van der Waals surface area contributed by atoms with Crippen molar-refractivity contribution in [2.75, 3.05) is 0 Å². The van der Waals surface area contributed by atoms with Crippen molar-refractivity contribution in [2.45, 2.75) is 45.1 Å². The highest BCUT2D eigenvalue weighted by molar-refractivity contribution is 6.48. The molecule has 1 aliphatic carbocycles. The molecule has 0 saturated heterocycles. The predicted octanol–water partition coefficient (Wildman–Crippen LogP) is 5.05. The maximum Gasteiger partial charge on any atom is 0.321 e. The Morgan fingerprint density at radius 2 is 1.73 bits per heavy atom. The number of esters is 1. The van der Waals surface area contributed by atoms with Gasteiger partial charge in [-0.2, -0.15) is 0 Å². The fraction of sp³-hybridized carbons (Fsp3) is 0.500. The summed E-state index contributed by atoms with van der Waals surface area (Å²) < 4.78 is 5.38. The van der Waals surface area contributed by atoms with Gasteiger partial charge in [0, 0.05) is 5.92 Å². The molecule has 0 spiro atoms. The first-order valence-corrected chi connectivity index (χ1v) is 8.15. The first-order valence-electron chi connectivity index (χ1n) is 7.02. The lowest BCUT2D eigenvalue weighted by Gasteiger charge is -2.24. The minimum absolute atomic E-state index is 0.108. The Hall–Kier alpha value is -0.770. The van der Waals surface area contributed by atoms with Crippen LogP contribution in [0.3, 0.4) is 0 Å². The molecule has 120 valence electrons. The topological polar surface area (TPSA) is 43.4 Å². The average Bonchev–Trinajstić information content (AvgIpc) is 3.21. The highest BCUT2D eigenvalue weighted by Gasteiger charge is 2.42. The first-order chi connectivity index (χ1) is 10.1. The second kappa shape index (κ2) is 6.38. The Morgan fingerprint density at radius 1 is 1.14 bits per heavy atom. The molecule has 1 fully saturated rings. The van der Waals surface area contributed by atoms with Gasteiger partial charge in [0.25, 0.3) is 0 Å². The van der Waals surface area contributed by atoms with Crippen LogP contribution in [0.25, 0.3) is 0 Å². The summed E-state index contributed by atoms with van der Waals surface area (Å²) in [4.78, 5) is 25.0. The second-order valence-electron chi connectivity index (χ2n) is 6.41. The van der Waals surface area contributed by atoms with E-state index in [9.17, 15) is 9.59 Å². The molecule has 0 amide bonds. The number of hydrogen-bond donors (Lipinski definition) is 0. The van der Waals surface area contributed by atoms with Crippen molar-refractivity contribution in [1.29, 1.82) is 0 Å². The van der Waals surface area contributed by atoms with Crippen molar-refractivity contribution in [1.82, 2.24) is 0 Å². The molecule has 1 aromatic carbocycles. The Morgan fingerprint density at radius 3 is 2.23 bits per heavy atom. The lowest BCUT2D eigenvalue weighted by molar-refractivity contribution is -0.158. The molecule has 22 heavy (non-hydrogen) atoms. The summed E-state index contributed by atoms with van der Waals surface area (Å²) in [5.74, 6) is -1.95. The molecular formula is C16H17Cl3O3. The van der Waals surface area contributed by atoms with E-state index >= 15 is 0 Å². The van der Waals surface area contributed by atoms with Crippen molar-refractivity contribution in [3.63, 3.8) is 0 Å². The zero-order valence-electron chi connectivity index (χ0n) is 12.6. The molecule has 1 aromatic rings. The van der Waals surface area contributed by atoms with Gasteiger partial charge in [0.15, 0.2) is 5.78 Å². The van der Waals surface area contributed by atoms with Gasteiger partial charge in [0.1, 0.15) is 11.5 Å². The maximum absolute atomic E-state index is 12.5. The van der Waals surface area contributed by atoms with E-state index in [0.717, 1.165) is 12.8 Å². The van der Waals surface area contributed by atoms with E-state index in [0.29, 0.717) is 5.56 Å². The summed E-state index contributed by atoms with van der Waals surface area (Å²) in [5, 5.41) is 0.536. The fourth-order valence-electron chi connectivity index (χ4n) is 2.12. The molecule has 1 atom stereocenters. The molecular weight excluding hydrogens is 347 g/mol. The van der Waals surface area contributed by atoms with Crippen LogP contribution in [0.2, 0.25) is 15.1 Å². The van der Waals surface area contributed by atoms with Crippen LogP contribution < -0.4 is 0 Å². The van der Waals surface area contributed by atoms with E-state index in [1.165, 1.54) is 6.07 Å². The molecule has 1 saturated carbocycles. The molecule has 2 rings (SSSR count). The van der Waals surface area contributed by atoms with Crippen molar-refractivity contribution < 1.29 is 14.3 Å². The van der Waals surface area contributed by atoms with Crippen molar-refractivity contribution in [3.05, 3.63) is 32.8 Å². The SMILES string of the molecule is CC(C)(C)OC(=O)C(C(=O)C1CC1)c1ccc(Cl)c(Cl)c1Cl. The highest BCUT2D eigenvalue weighted by atomic mass is 35.5. The number of halogens is 3. The number of hydrogen-bond acceptors (Lipinski definition) is 3. The van der Waals surface area contributed by atoms with Gasteiger partial charge in [-0.1, -0.05) is 40.9 Å². The molecule has 1 aliphatic rings. The number of carbonyl (C=O) groups excluding carboxylic acids is 2. The van der Waals surface area contributed by atoms with Crippen molar-refractivity contribution in [3.8, 4) is 0 Å². The van der Waals surface area contributed by atoms with Crippen LogP contribution in [-0.2, 0) is 14.3 Å². The van der Waals surface area contributed by atoms with Crippen molar-refractivity contribution >= 4 is 46.6 Å². The summed E-state index contributed by atoms with van der Waals surface area (Å²) in [5.41, 5.74) is -0.343. The first kappa shape index (κ1) is 17.6. The number of ketones is 1. The number of ether oxygens (including phenoxy) is 1. The molecule has 0 bridgehead atoms. The molecule has 3 nitrogen and oxygen atoms in total. The molecule has 0 aliphatic heterocycles. The summed E-state index contributed by atoms with van der Waals surface area (Å²) in [7, 11) is 0. The van der Waals surface area contributed by atoms with Gasteiger partial charge in [-0.15, -0.1) is 0 Å². The predicted molar refractivity (Wildman–Crippen MR) is 87.8 cm³/mol. The van der Waals surface area contributed by atoms with Crippen molar-refractivity contribution in [2.24, 2.45) is 5.92 Å². The number of Topliss-reactive ketones (excluding diaryl/α,β-unsaturated/α-hetero) is 1. The van der Waals surface area contributed by atoms with E-state index in [2.05, 4.69) is 0 Å². The minimum atomic E-state index is -1.06. The normalized spacial score (nSPS) is 16.3. The van der Waals surface area contributed by atoms with Crippen LogP contribution in [-0.4, -0.2) is 17.4 Å². The standard InChI is InChI=1S/C16H17Cl3O3/c1-16(2,3)22-15(21)11(14(20)8-4-5-8)9-6-7-10(17)13(19)12(9)18/h6-8,11H,4-5H2,1-3H3. The molecule has 0 heterocycles. The summed E-state index contributed by atoms with van der Waals surface area (Å²) >= 11 is 18.2. The van der Waals surface area contributed by atoms with Crippen LogP contribution in [0.15, 0.2) is 12.1 Å². The lowest BCUT2D eigenvalue weighted by atomic mass is 9.91. The van der Waals surface area contributed by atoms with E-state index in [4.69, 9.17) is 39.5 Å². The zero-order valence-corrected chi connectivity index (χ0v) is 14.9. The molecule has 1 unspecified atom stereocenters. The second-order valence-corrected chi connectivity index (χ2v) is 7.57. The zero-order chi connectivity index (χ0) is 16.7. The molecule has 0 N–H and O–H groups in total. The largest absolute Gasteiger partial charge is 0.459 e. The summed E-state index contributed by atoms with van der Waals surface area (Å²) in [6, 6.07) is 3.09. The van der Waals surface area contributed by atoms with E-state index in [-0.39, 0.29) is 26.8 Å². The highest BCUT2D eigenvalue weighted by Crippen LogP contribution is 2.41. The smallest absolute Gasteiger partial charge is 0.321 e. The number of rotatable bonds is 4. The van der Waals surface area contributed by atoms with Gasteiger partial charge < -0.3 is 4.74 Å². The third kappa shape index (κ3) is 3.95. The van der Waals surface area contributed by atoms with Gasteiger partial charge in [-0.3, -0.25) is 9.59 Å².